The Bertz CT molecular complexity index is 1130. The topological polar surface area (TPSA) is 147 Å². The lowest BCUT2D eigenvalue weighted by Gasteiger charge is -2.26. The Labute approximate surface area is 196 Å². The molecule has 0 radical (unpaired) electrons. The molecular formula is C21H27N3O7S2. The van der Waals surface area contributed by atoms with Crippen LogP contribution >= 0.6 is 11.3 Å². The summed E-state index contributed by atoms with van der Waals surface area (Å²) in [6.07, 6.45) is 0. The van der Waals surface area contributed by atoms with Crippen LogP contribution in [0.1, 0.15) is 47.2 Å². The van der Waals surface area contributed by atoms with Crippen LogP contribution in [0.3, 0.4) is 0 Å². The number of nitrogen functional groups attached to an aromatic ring is 1. The number of benzene rings is 1. The van der Waals surface area contributed by atoms with Gasteiger partial charge in [-0.2, -0.15) is 0 Å². The van der Waals surface area contributed by atoms with Gasteiger partial charge in [-0.15, -0.1) is 11.3 Å². The van der Waals surface area contributed by atoms with Crippen LogP contribution in [-0.4, -0.2) is 47.7 Å². The number of aromatic nitrogens is 1. The fourth-order valence-corrected chi connectivity index (χ4v) is 3.94. The molecule has 10 nitrogen and oxygen atoms in total. The number of ether oxygens (including phenoxy) is 2. The number of thiazole rings is 1. The average Bonchev–Trinajstić information content (AvgIpc) is 3.13. The first kappa shape index (κ1) is 26.3. The van der Waals surface area contributed by atoms with Crippen LogP contribution in [-0.2, 0) is 33.7 Å². The van der Waals surface area contributed by atoms with Crippen molar-refractivity contribution in [3.63, 3.8) is 0 Å². The number of sulfone groups is 1. The van der Waals surface area contributed by atoms with Gasteiger partial charge in [-0.3, -0.25) is 0 Å². The predicted molar refractivity (Wildman–Crippen MR) is 123 cm³/mol. The highest BCUT2D eigenvalue weighted by atomic mass is 32.2. The van der Waals surface area contributed by atoms with E-state index in [0.717, 1.165) is 11.3 Å². The Balaban J connectivity index is 2.30. The van der Waals surface area contributed by atoms with Crippen LogP contribution in [0.15, 0.2) is 45.8 Å². The smallest absolute Gasteiger partial charge is 0.364 e. The first-order valence-electron chi connectivity index (χ1n) is 9.84. The monoisotopic (exact) mass is 497 g/mol. The van der Waals surface area contributed by atoms with Gasteiger partial charge < -0.3 is 20.0 Å². The number of oxime groups is 1. The molecule has 180 valence electrons. The normalized spacial score (nSPS) is 13.8. The zero-order valence-corrected chi connectivity index (χ0v) is 20.8. The van der Waals surface area contributed by atoms with E-state index in [2.05, 4.69) is 10.1 Å². The molecule has 0 bridgehead atoms. The van der Waals surface area contributed by atoms with Crippen LogP contribution in [0.4, 0.5) is 5.13 Å². The molecule has 1 aromatic heterocycles. The van der Waals surface area contributed by atoms with Crippen LogP contribution in [0.2, 0.25) is 0 Å². The molecular weight excluding hydrogens is 470 g/mol. The summed E-state index contributed by atoms with van der Waals surface area (Å²) in [5.74, 6) is -1.84. The second-order valence-electron chi connectivity index (χ2n) is 8.45. The van der Waals surface area contributed by atoms with Crippen molar-refractivity contribution >= 4 is 44.0 Å². The van der Waals surface area contributed by atoms with Crippen molar-refractivity contribution in [1.82, 2.24) is 4.98 Å². The Hall–Kier alpha value is -2.99. The van der Waals surface area contributed by atoms with E-state index in [1.807, 2.05) is 0 Å². The van der Waals surface area contributed by atoms with E-state index < -0.39 is 44.1 Å². The zero-order valence-electron chi connectivity index (χ0n) is 19.2. The summed E-state index contributed by atoms with van der Waals surface area (Å²) in [4.78, 5) is 34.6. The number of hydrogen-bond donors (Lipinski definition) is 1. The molecule has 33 heavy (non-hydrogen) atoms. The SMILES string of the molecule is CC(OC(=O)C(=NOC(C)(C)C(=O)OC(C)(C)C)c1csc(N)n1)S(=O)(=O)c1ccccc1. The van der Waals surface area contributed by atoms with Gasteiger partial charge in [-0.1, -0.05) is 23.4 Å². The van der Waals surface area contributed by atoms with Gasteiger partial charge in [0.15, 0.2) is 5.13 Å². The summed E-state index contributed by atoms with van der Waals surface area (Å²) in [6, 6.07) is 7.55. The Morgan fingerprint density at radius 2 is 1.73 bits per heavy atom. The van der Waals surface area contributed by atoms with Crippen LogP contribution < -0.4 is 5.73 Å². The average molecular weight is 498 g/mol. The van der Waals surface area contributed by atoms with Gasteiger partial charge in [0.05, 0.1) is 4.90 Å². The summed E-state index contributed by atoms with van der Waals surface area (Å²) in [5.41, 5.74) is 1.34. The molecule has 1 atom stereocenters. The lowest BCUT2D eigenvalue weighted by atomic mass is 10.1. The Kier molecular flexibility index (Phi) is 7.86. The fraction of sp³-hybridized carbons (Fsp3) is 0.429. The maximum atomic E-state index is 12.9. The molecule has 0 spiro atoms. The van der Waals surface area contributed by atoms with Crippen molar-refractivity contribution < 1.29 is 32.3 Å². The maximum absolute atomic E-state index is 12.9. The molecule has 1 heterocycles. The number of anilines is 1. The summed E-state index contributed by atoms with van der Waals surface area (Å²) in [7, 11) is -3.98. The van der Waals surface area contributed by atoms with E-state index in [1.165, 1.54) is 38.3 Å². The molecule has 2 N–H and O–H groups in total. The quantitative estimate of drug-likeness (QED) is 0.330. The van der Waals surface area contributed by atoms with Crippen LogP contribution in [0, 0.1) is 0 Å². The standard InChI is InChI=1S/C21H27N3O7S2/c1-13(33(27,28)14-10-8-7-9-11-14)29-17(25)16(15-12-32-19(22)23-15)24-31-21(5,6)18(26)30-20(2,3)4/h7-13H,1-6H3,(H2,22,23). The minimum Gasteiger partial charge on any atom is -0.457 e. The molecule has 0 aliphatic rings. The van der Waals surface area contributed by atoms with E-state index in [0.29, 0.717) is 0 Å². The van der Waals surface area contributed by atoms with E-state index in [9.17, 15) is 18.0 Å². The molecule has 1 unspecified atom stereocenters. The summed E-state index contributed by atoms with van der Waals surface area (Å²) < 4.78 is 35.9. The Morgan fingerprint density at radius 1 is 1.12 bits per heavy atom. The van der Waals surface area contributed by atoms with E-state index in [-0.39, 0.29) is 15.7 Å². The van der Waals surface area contributed by atoms with Crippen LogP contribution in [0.25, 0.3) is 0 Å². The molecule has 0 fully saturated rings. The molecule has 2 rings (SSSR count). The highest BCUT2D eigenvalue weighted by Gasteiger charge is 2.36. The van der Waals surface area contributed by atoms with E-state index in [4.69, 9.17) is 20.0 Å². The van der Waals surface area contributed by atoms with Crippen molar-refractivity contribution in [3.05, 3.63) is 41.4 Å². The molecule has 2 aromatic rings. The number of nitrogens with zero attached hydrogens (tertiary/aromatic N) is 2. The number of carbonyl (C=O) groups is 2. The first-order chi connectivity index (χ1) is 15.1. The van der Waals surface area contributed by atoms with E-state index in [1.54, 1.807) is 39.0 Å². The molecule has 0 saturated carbocycles. The predicted octanol–water partition coefficient (Wildman–Crippen LogP) is 2.93. The first-order valence-corrected chi connectivity index (χ1v) is 12.3. The molecule has 0 aliphatic heterocycles. The van der Waals surface area contributed by atoms with Gasteiger partial charge in [0.25, 0.3) is 0 Å². The van der Waals surface area contributed by atoms with Gasteiger partial charge in [0.2, 0.25) is 26.6 Å². The van der Waals surface area contributed by atoms with Gasteiger partial charge in [-0.05, 0) is 53.7 Å². The largest absolute Gasteiger partial charge is 0.457 e. The third kappa shape index (κ3) is 6.99. The molecule has 12 heteroatoms. The molecule has 0 amide bonds. The van der Waals surface area contributed by atoms with Crippen molar-refractivity contribution in [2.45, 2.75) is 63.1 Å². The second-order valence-corrected chi connectivity index (χ2v) is 11.6. The summed E-state index contributed by atoms with van der Waals surface area (Å²) in [6.45, 7) is 9.12. The van der Waals surface area contributed by atoms with Gasteiger partial charge in [-0.25, -0.2) is 23.0 Å². The fourth-order valence-electron chi connectivity index (χ4n) is 2.25. The van der Waals surface area contributed by atoms with Crippen molar-refractivity contribution in [3.8, 4) is 0 Å². The number of esters is 2. The number of carbonyl (C=O) groups excluding carboxylic acids is 2. The molecule has 0 saturated heterocycles. The van der Waals surface area contributed by atoms with Crippen LogP contribution in [0.5, 0.6) is 0 Å². The lowest BCUT2D eigenvalue weighted by Crippen LogP contribution is -2.40. The highest BCUT2D eigenvalue weighted by Crippen LogP contribution is 2.21. The minimum atomic E-state index is -3.98. The zero-order chi connectivity index (χ0) is 25.0. The van der Waals surface area contributed by atoms with Crippen molar-refractivity contribution in [1.29, 1.82) is 0 Å². The van der Waals surface area contributed by atoms with Crippen molar-refractivity contribution in [2.24, 2.45) is 5.16 Å². The second kappa shape index (κ2) is 9.87. The number of hydrogen-bond acceptors (Lipinski definition) is 11. The highest BCUT2D eigenvalue weighted by molar-refractivity contribution is 7.91. The van der Waals surface area contributed by atoms with Gasteiger partial charge in [0, 0.05) is 5.38 Å². The summed E-state index contributed by atoms with van der Waals surface area (Å²) in [5, 5.41) is 5.34. The minimum absolute atomic E-state index is 0.00629. The lowest BCUT2D eigenvalue weighted by molar-refractivity contribution is -0.179. The van der Waals surface area contributed by atoms with E-state index >= 15 is 0 Å². The molecule has 0 aliphatic carbocycles. The summed E-state index contributed by atoms with van der Waals surface area (Å²) >= 11 is 1.03. The number of rotatable bonds is 8. The Morgan fingerprint density at radius 3 is 2.24 bits per heavy atom. The van der Waals surface area contributed by atoms with Gasteiger partial charge >= 0.3 is 11.9 Å². The third-order valence-electron chi connectivity index (χ3n) is 4.00. The van der Waals surface area contributed by atoms with Gasteiger partial charge in [0.1, 0.15) is 11.3 Å². The molecule has 1 aromatic carbocycles. The maximum Gasteiger partial charge on any atom is 0.364 e. The number of nitrogens with two attached hydrogens (primary N) is 1. The third-order valence-corrected chi connectivity index (χ3v) is 6.57. The van der Waals surface area contributed by atoms with Crippen molar-refractivity contribution in [2.75, 3.05) is 5.73 Å².